The van der Waals surface area contributed by atoms with E-state index in [-0.39, 0.29) is 5.75 Å². The molecule has 2 unspecified atom stereocenters. The fraction of sp³-hybridized carbons (Fsp3) is 0.571. The molecule has 0 heterocycles. The monoisotopic (exact) mass is 239 g/mol. The zero-order valence-corrected chi connectivity index (χ0v) is 10.8. The van der Waals surface area contributed by atoms with E-state index in [1.54, 1.807) is 6.07 Å². The SMILES string of the molecule is CCC(C)CC(CC)Nc1ccc(O)c(F)c1. The third kappa shape index (κ3) is 4.25. The van der Waals surface area contributed by atoms with E-state index in [1.807, 2.05) is 0 Å². The highest BCUT2D eigenvalue weighted by atomic mass is 19.1. The van der Waals surface area contributed by atoms with Gasteiger partial charge in [0.25, 0.3) is 0 Å². The number of nitrogens with one attached hydrogen (secondary N) is 1. The van der Waals surface area contributed by atoms with Crippen LogP contribution in [0.15, 0.2) is 18.2 Å². The maximum Gasteiger partial charge on any atom is 0.166 e. The molecule has 0 saturated heterocycles. The van der Waals surface area contributed by atoms with Crippen molar-refractivity contribution in [2.24, 2.45) is 5.92 Å². The number of rotatable bonds is 6. The molecular formula is C14H22FNO. The molecule has 0 aliphatic heterocycles. The summed E-state index contributed by atoms with van der Waals surface area (Å²) in [6, 6.07) is 4.79. The molecule has 0 amide bonds. The molecule has 0 bridgehead atoms. The van der Waals surface area contributed by atoms with E-state index in [0.29, 0.717) is 12.0 Å². The van der Waals surface area contributed by atoms with Crippen molar-refractivity contribution in [1.82, 2.24) is 0 Å². The van der Waals surface area contributed by atoms with Crippen molar-refractivity contribution < 1.29 is 9.50 Å². The molecule has 0 fully saturated rings. The van der Waals surface area contributed by atoms with E-state index >= 15 is 0 Å². The minimum atomic E-state index is -0.576. The Bertz CT molecular complexity index is 354. The molecule has 2 nitrogen and oxygen atoms in total. The predicted octanol–water partition coefficient (Wildman–Crippen LogP) is 4.16. The Morgan fingerprint density at radius 3 is 2.53 bits per heavy atom. The van der Waals surface area contributed by atoms with Crippen LogP contribution in [0.2, 0.25) is 0 Å². The maximum atomic E-state index is 13.2. The van der Waals surface area contributed by atoms with Gasteiger partial charge in [0, 0.05) is 17.8 Å². The molecule has 17 heavy (non-hydrogen) atoms. The number of phenols is 1. The number of phenolic OH excluding ortho intramolecular Hbond substituents is 1. The molecule has 1 aromatic rings. The summed E-state index contributed by atoms with van der Waals surface area (Å²) in [7, 11) is 0. The second-order valence-corrected chi connectivity index (χ2v) is 4.66. The van der Waals surface area contributed by atoms with Gasteiger partial charge in [-0.3, -0.25) is 0 Å². The molecule has 0 saturated carbocycles. The van der Waals surface area contributed by atoms with Crippen LogP contribution in [0.5, 0.6) is 5.75 Å². The normalized spacial score (nSPS) is 14.4. The number of halogens is 1. The average molecular weight is 239 g/mol. The first-order valence-electron chi connectivity index (χ1n) is 6.31. The van der Waals surface area contributed by atoms with Gasteiger partial charge in [0.2, 0.25) is 0 Å². The van der Waals surface area contributed by atoms with Crippen LogP contribution in [-0.2, 0) is 0 Å². The molecule has 3 heteroatoms. The second kappa shape index (κ2) is 6.48. The van der Waals surface area contributed by atoms with Crippen LogP contribution in [0.25, 0.3) is 0 Å². The van der Waals surface area contributed by atoms with E-state index in [2.05, 4.69) is 26.1 Å². The van der Waals surface area contributed by atoms with Gasteiger partial charge in [0.1, 0.15) is 0 Å². The lowest BCUT2D eigenvalue weighted by atomic mass is 9.97. The first-order chi connectivity index (χ1) is 8.06. The smallest absolute Gasteiger partial charge is 0.166 e. The first-order valence-corrected chi connectivity index (χ1v) is 6.31. The topological polar surface area (TPSA) is 32.3 Å². The minimum absolute atomic E-state index is 0.300. The Hall–Kier alpha value is -1.25. The molecule has 0 aliphatic rings. The summed E-state index contributed by atoms with van der Waals surface area (Å²) in [4.78, 5) is 0. The van der Waals surface area contributed by atoms with Gasteiger partial charge in [-0.25, -0.2) is 4.39 Å². The van der Waals surface area contributed by atoms with E-state index in [1.165, 1.54) is 12.1 Å². The molecule has 0 spiro atoms. The highest BCUT2D eigenvalue weighted by Gasteiger charge is 2.11. The Balaban J connectivity index is 2.63. The van der Waals surface area contributed by atoms with Crippen molar-refractivity contribution in [3.63, 3.8) is 0 Å². The third-order valence-electron chi connectivity index (χ3n) is 3.20. The van der Waals surface area contributed by atoms with Crippen molar-refractivity contribution in [3.05, 3.63) is 24.0 Å². The summed E-state index contributed by atoms with van der Waals surface area (Å²) in [6.07, 6.45) is 3.24. The van der Waals surface area contributed by atoms with Crippen molar-refractivity contribution in [2.75, 3.05) is 5.32 Å². The second-order valence-electron chi connectivity index (χ2n) is 4.66. The van der Waals surface area contributed by atoms with Gasteiger partial charge < -0.3 is 10.4 Å². The molecule has 0 aliphatic carbocycles. The zero-order valence-electron chi connectivity index (χ0n) is 10.8. The molecule has 1 rings (SSSR count). The van der Waals surface area contributed by atoms with E-state index < -0.39 is 5.82 Å². The molecule has 0 aromatic heterocycles. The quantitative estimate of drug-likeness (QED) is 0.731. The molecule has 96 valence electrons. The summed E-state index contributed by atoms with van der Waals surface area (Å²) in [5, 5.41) is 12.4. The lowest BCUT2D eigenvalue weighted by Crippen LogP contribution is -2.21. The Morgan fingerprint density at radius 2 is 2.00 bits per heavy atom. The Kier molecular flexibility index (Phi) is 5.26. The summed E-state index contributed by atoms with van der Waals surface area (Å²) in [5.74, 6) is -0.215. The van der Waals surface area contributed by atoms with Crippen LogP contribution < -0.4 is 5.32 Å². The lowest BCUT2D eigenvalue weighted by Gasteiger charge is -2.21. The van der Waals surface area contributed by atoms with E-state index in [9.17, 15) is 4.39 Å². The summed E-state index contributed by atoms with van der Waals surface area (Å²) in [5.41, 5.74) is 0.732. The van der Waals surface area contributed by atoms with Crippen molar-refractivity contribution >= 4 is 5.69 Å². The van der Waals surface area contributed by atoms with Crippen LogP contribution in [-0.4, -0.2) is 11.1 Å². The number of anilines is 1. The summed E-state index contributed by atoms with van der Waals surface area (Å²) < 4.78 is 13.2. The van der Waals surface area contributed by atoms with Gasteiger partial charge in [-0.1, -0.05) is 27.2 Å². The van der Waals surface area contributed by atoms with Crippen molar-refractivity contribution in [1.29, 1.82) is 0 Å². The molecule has 2 atom stereocenters. The van der Waals surface area contributed by atoms with Gasteiger partial charge in [-0.15, -0.1) is 0 Å². The van der Waals surface area contributed by atoms with Gasteiger partial charge >= 0.3 is 0 Å². The summed E-state index contributed by atoms with van der Waals surface area (Å²) in [6.45, 7) is 6.52. The average Bonchev–Trinajstić information content (AvgIpc) is 2.32. The van der Waals surface area contributed by atoms with Crippen molar-refractivity contribution in [3.8, 4) is 5.75 Å². The van der Waals surface area contributed by atoms with Crippen LogP contribution in [0.4, 0.5) is 10.1 Å². The Labute approximate surface area is 103 Å². The molecule has 0 radical (unpaired) electrons. The van der Waals surface area contributed by atoms with Gasteiger partial charge in [-0.05, 0) is 30.9 Å². The first kappa shape index (κ1) is 13.8. The van der Waals surface area contributed by atoms with E-state index in [4.69, 9.17) is 5.11 Å². The Morgan fingerprint density at radius 1 is 1.29 bits per heavy atom. The van der Waals surface area contributed by atoms with Crippen LogP contribution in [0, 0.1) is 11.7 Å². The molecule has 2 N–H and O–H groups in total. The highest BCUT2D eigenvalue weighted by Crippen LogP contribution is 2.22. The largest absolute Gasteiger partial charge is 0.505 e. The highest BCUT2D eigenvalue weighted by molar-refractivity contribution is 5.47. The zero-order chi connectivity index (χ0) is 12.8. The van der Waals surface area contributed by atoms with Crippen LogP contribution in [0.1, 0.15) is 40.0 Å². The number of hydrogen-bond acceptors (Lipinski definition) is 2. The number of aromatic hydroxyl groups is 1. The standard InChI is InChI=1S/C14H22FNO/c1-4-10(3)8-11(5-2)16-12-6-7-14(17)13(15)9-12/h6-7,9-11,16-17H,4-5,8H2,1-3H3. The predicted molar refractivity (Wildman–Crippen MR) is 69.8 cm³/mol. The fourth-order valence-corrected chi connectivity index (χ4v) is 1.81. The molecule has 1 aromatic carbocycles. The summed E-state index contributed by atoms with van der Waals surface area (Å²) >= 11 is 0. The number of hydrogen-bond donors (Lipinski definition) is 2. The van der Waals surface area contributed by atoms with Gasteiger partial charge in [0.15, 0.2) is 11.6 Å². The fourth-order valence-electron chi connectivity index (χ4n) is 1.81. The van der Waals surface area contributed by atoms with Crippen LogP contribution in [0.3, 0.4) is 0 Å². The maximum absolute atomic E-state index is 13.2. The van der Waals surface area contributed by atoms with Gasteiger partial charge in [-0.2, -0.15) is 0 Å². The number of benzene rings is 1. The minimum Gasteiger partial charge on any atom is -0.505 e. The van der Waals surface area contributed by atoms with Crippen molar-refractivity contribution in [2.45, 2.75) is 46.1 Å². The van der Waals surface area contributed by atoms with E-state index in [0.717, 1.165) is 24.9 Å². The third-order valence-corrected chi connectivity index (χ3v) is 3.20. The lowest BCUT2D eigenvalue weighted by molar-refractivity contribution is 0.432. The van der Waals surface area contributed by atoms with Crippen LogP contribution >= 0.6 is 0 Å². The molecular weight excluding hydrogens is 217 g/mol. The van der Waals surface area contributed by atoms with Gasteiger partial charge in [0.05, 0.1) is 0 Å².